The van der Waals surface area contributed by atoms with Crippen molar-refractivity contribution in [3.63, 3.8) is 0 Å². The first-order valence-corrected chi connectivity index (χ1v) is 5.70. The van der Waals surface area contributed by atoms with Crippen LogP contribution in [0.2, 0.25) is 0 Å². The monoisotopic (exact) mass is 224 g/mol. The van der Waals surface area contributed by atoms with Gasteiger partial charge in [-0.1, -0.05) is 0 Å². The maximum Gasteiger partial charge on any atom is 0.141 e. The molecule has 1 aromatic rings. The summed E-state index contributed by atoms with van der Waals surface area (Å²) in [4.78, 5) is 3.81. The lowest BCUT2D eigenvalue weighted by molar-refractivity contribution is 0.0832. The summed E-state index contributed by atoms with van der Waals surface area (Å²) in [5.74, 6) is -0.288. The van der Waals surface area contributed by atoms with Crippen molar-refractivity contribution in [3.8, 4) is 0 Å². The van der Waals surface area contributed by atoms with Crippen LogP contribution in [0.1, 0.15) is 25.3 Å². The van der Waals surface area contributed by atoms with Crippen LogP contribution >= 0.6 is 0 Å². The number of halogens is 1. The zero-order valence-electron chi connectivity index (χ0n) is 9.45. The van der Waals surface area contributed by atoms with Crippen LogP contribution in [0.3, 0.4) is 0 Å². The molecule has 0 aliphatic carbocycles. The van der Waals surface area contributed by atoms with E-state index in [1.165, 1.54) is 12.3 Å². The molecule has 1 saturated heterocycles. The van der Waals surface area contributed by atoms with Gasteiger partial charge in [-0.3, -0.25) is 4.98 Å². The van der Waals surface area contributed by atoms with E-state index in [0.717, 1.165) is 25.0 Å². The van der Waals surface area contributed by atoms with Crippen LogP contribution in [0.5, 0.6) is 0 Å². The highest BCUT2D eigenvalue weighted by Crippen LogP contribution is 2.15. The Bertz CT molecular complexity index is 340. The van der Waals surface area contributed by atoms with Gasteiger partial charge >= 0.3 is 0 Å². The lowest BCUT2D eigenvalue weighted by Gasteiger charge is -2.19. The van der Waals surface area contributed by atoms with Gasteiger partial charge in [-0.25, -0.2) is 4.39 Å². The molecule has 0 bridgehead atoms. The molecule has 2 atom stereocenters. The molecule has 3 nitrogen and oxygen atoms in total. The van der Waals surface area contributed by atoms with E-state index in [4.69, 9.17) is 4.74 Å². The second-order valence-electron chi connectivity index (χ2n) is 4.23. The van der Waals surface area contributed by atoms with Gasteiger partial charge in [0.25, 0.3) is 0 Å². The van der Waals surface area contributed by atoms with Crippen LogP contribution in [0.25, 0.3) is 0 Å². The Labute approximate surface area is 95.0 Å². The normalized spacial score (nSPS) is 22.2. The second kappa shape index (κ2) is 5.37. The Kier molecular flexibility index (Phi) is 3.85. The fourth-order valence-electron chi connectivity index (χ4n) is 1.96. The van der Waals surface area contributed by atoms with Gasteiger partial charge in [-0.2, -0.15) is 0 Å². The maximum absolute atomic E-state index is 12.9. The summed E-state index contributed by atoms with van der Waals surface area (Å²) in [7, 11) is 0. The number of nitrogens with one attached hydrogen (secondary N) is 1. The van der Waals surface area contributed by atoms with Crippen molar-refractivity contribution in [2.45, 2.75) is 38.5 Å². The summed E-state index contributed by atoms with van der Waals surface area (Å²) in [5.41, 5.74) is 0.866. The highest BCUT2D eigenvalue weighted by molar-refractivity contribution is 5.09. The van der Waals surface area contributed by atoms with Gasteiger partial charge in [-0.05, 0) is 31.4 Å². The van der Waals surface area contributed by atoms with Crippen molar-refractivity contribution in [3.05, 3.63) is 29.8 Å². The van der Waals surface area contributed by atoms with Crippen LogP contribution < -0.4 is 5.32 Å². The topological polar surface area (TPSA) is 34.2 Å². The summed E-state index contributed by atoms with van der Waals surface area (Å²) in [5, 5.41) is 3.34. The predicted molar refractivity (Wildman–Crippen MR) is 59.5 cm³/mol. The van der Waals surface area contributed by atoms with E-state index in [1.807, 2.05) is 0 Å². The molecule has 0 amide bonds. The average molecular weight is 224 g/mol. The van der Waals surface area contributed by atoms with Gasteiger partial charge < -0.3 is 10.1 Å². The van der Waals surface area contributed by atoms with Crippen LogP contribution in [-0.2, 0) is 11.3 Å². The van der Waals surface area contributed by atoms with Crippen molar-refractivity contribution in [2.75, 3.05) is 6.61 Å². The van der Waals surface area contributed by atoms with E-state index in [-0.39, 0.29) is 5.82 Å². The third-order valence-corrected chi connectivity index (χ3v) is 2.91. The van der Waals surface area contributed by atoms with E-state index in [0.29, 0.717) is 18.7 Å². The lowest BCUT2D eigenvalue weighted by atomic mass is 10.1. The van der Waals surface area contributed by atoms with Gasteiger partial charge in [0.05, 0.1) is 12.3 Å². The molecular formula is C12H17FN2O. The Morgan fingerprint density at radius 3 is 3.19 bits per heavy atom. The average Bonchev–Trinajstić information content (AvgIpc) is 2.79. The zero-order valence-corrected chi connectivity index (χ0v) is 9.45. The SMILES string of the molecule is CC(NCc1cncc(F)c1)C1CCCO1. The summed E-state index contributed by atoms with van der Waals surface area (Å²) < 4.78 is 18.5. The number of hydrogen-bond donors (Lipinski definition) is 1. The molecule has 0 spiro atoms. The number of nitrogens with zero attached hydrogens (tertiary/aromatic N) is 1. The second-order valence-corrected chi connectivity index (χ2v) is 4.23. The third-order valence-electron chi connectivity index (χ3n) is 2.91. The van der Waals surface area contributed by atoms with E-state index in [1.54, 1.807) is 6.20 Å². The molecule has 0 radical (unpaired) electrons. The number of hydrogen-bond acceptors (Lipinski definition) is 3. The van der Waals surface area contributed by atoms with Crippen molar-refractivity contribution in [2.24, 2.45) is 0 Å². The number of aromatic nitrogens is 1. The molecule has 2 heterocycles. The Balaban J connectivity index is 1.82. The minimum atomic E-state index is -0.288. The molecule has 88 valence electrons. The van der Waals surface area contributed by atoms with Crippen molar-refractivity contribution in [1.29, 1.82) is 0 Å². The summed E-state index contributed by atoms with van der Waals surface area (Å²) in [6, 6.07) is 1.80. The minimum Gasteiger partial charge on any atom is -0.377 e. The third kappa shape index (κ3) is 3.00. The largest absolute Gasteiger partial charge is 0.377 e. The first kappa shape index (κ1) is 11.5. The molecule has 1 aliphatic rings. The number of pyridine rings is 1. The highest BCUT2D eigenvalue weighted by Gasteiger charge is 2.21. The fraction of sp³-hybridized carbons (Fsp3) is 0.583. The van der Waals surface area contributed by atoms with Gasteiger partial charge in [0, 0.05) is 25.4 Å². The maximum atomic E-state index is 12.9. The molecule has 16 heavy (non-hydrogen) atoms. The smallest absolute Gasteiger partial charge is 0.141 e. The van der Waals surface area contributed by atoms with E-state index in [9.17, 15) is 4.39 Å². The standard InChI is InChI=1S/C12H17FN2O/c1-9(12-3-2-4-16-12)15-7-10-5-11(13)8-14-6-10/h5-6,8-9,12,15H,2-4,7H2,1H3. The summed E-state index contributed by atoms with van der Waals surface area (Å²) in [6.07, 6.45) is 5.43. The van der Waals surface area contributed by atoms with Crippen molar-refractivity contribution < 1.29 is 9.13 Å². The number of ether oxygens (including phenoxy) is 1. The lowest BCUT2D eigenvalue weighted by Crippen LogP contribution is -2.36. The molecule has 1 aromatic heterocycles. The molecule has 0 saturated carbocycles. The van der Waals surface area contributed by atoms with E-state index >= 15 is 0 Å². The first-order valence-electron chi connectivity index (χ1n) is 5.70. The van der Waals surface area contributed by atoms with E-state index < -0.39 is 0 Å². The molecule has 1 N–H and O–H groups in total. The predicted octanol–water partition coefficient (Wildman–Crippen LogP) is 1.88. The summed E-state index contributed by atoms with van der Waals surface area (Å²) in [6.45, 7) is 3.59. The fourth-order valence-corrected chi connectivity index (χ4v) is 1.96. The zero-order chi connectivity index (χ0) is 11.4. The highest BCUT2D eigenvalue weighted by atomic mass is 19.1. The number of rotatable bonds is 4. The van der Waals surface area contributed by atoms with Crippen molar-refractivity contribution >= 4 is 0 Å². The minimum absolute atomic E-state index is 0.288. The van der Waals surface area contributed by atoms with Gasteiger partial charge in [0.2, 0.25) is 0 Å². The van der Waals surface area contributed by atoms with Gasteiger partial charge in [-0.15, -0.1) is 0 Å². The van der Waals surface area contributed by atoms with Crippen LogP contribution in [0.15, 0.2) is 18.5 Å². The quantitative estimate of drug-likeness (QED) is 0.848. The molecule has 1 aliphatic heterocycles. The Morgan fingerprint density at radius 1 is 1.62 bits per heavy atom. The first-order chi connectivity index (χ1) is 7.75. The summed E-state index contributed by atoms with van der Waals surface area (Å²) >= 11 is 0. The Hall–Kier alpha value is -1.00. The molecule has 2 unspecified atom stereocenters. The molecule has 0 aromatic carbocycles. The van der Waals surface area contributed by atoms with Crippen LogP contribution in [0, 0.1) is 5.82 Å². The Morgan fingerprint density at radius 2 is 2.50 bits per heavy atom. The van der Waals surface area contributed by atoms with Gasteiger partial charge in [0.1, 0.15) is 5.82 Å². The molecule has 4 heteroatoms. The van der Waals surface area contributed by atoms with E-state index in [2.05, 4.69) is 17.2 Å². The molecule has 2 rings (SSSR count). The molecule has 1 fully saturated rings. The van der Waals surface area contributed by atoms with Gasteiger partial charge in [0.15, 0.2) is 0 Å². The van der Waals surface area contributed by atoms with Crippen LogP contribution in [-0.4, -0.2) is 23.7 Å². The van der Waals surface area contributed by atoms with Crippen LogP contribution in [0.4, 0.5) is 4.39 Å². The molecular weight excluding hydrogens is 207 g/mol. The van der Waals surface area contributed by atoms with Crippen molar-refractivity contribution in [1.82, 2.24) is 10.3 Å².